The van der Waals surface area contributed by atoms with Crippen LogP contribution in [0.3, 0.4) is 0 Å². The third kappa shape index (κ3) is 4.42. The maximum atomic E-state index is 6.08. The van der Waals surface area contributed by atoms with E-state index < -0.39 is 0 Å². The van der Waals surface area contributed by atoms with Crippen molar-refractivity contribution in [2.24, 2.45) is 0 Å². The van der Waals surface area contributed by atoms with Gasteiger partial charge in [-0.25, -0.2) is 0 Å². The smallest absolute Gasteiger partial charge is 0.0624 e. The SMILES string of the molecule is CC(C)NCCCc1cccc(Cl)c1Cl. The Balaban J connectivity index is 2.41. The zero-order valence-electron chi connectivity index (χ0n) is 9.19. The Hall–Kier alpha value is -0.240. The van der Waals surface area contributed by atoms with Crippen LogP contribution in [-0.4, -0.2) is 12.6 Å². The Kier molecular flexibility index (Phi) is 5.44. The van der Waals surface area contributed by atoms with Crippen LogP contribution in [0.5, 0.6) is 0 Å². The Morgan fingerprint density at radius 2 is 2.00 bits per heavy atom. The fraction of sp³-hybridized carbons (Fsp3) is 0.500. The fourth-order valence-corrected chi connectivity index (χ4v) is 1.83. The summed E-state index contributed by atoms with van der Waals surface area (Å²) in [4.78, 5) is 0. The van der Waals surface area contributed by atoms with E-state index in [0.717, 1.165) is 24.9 Å². The molecule has 0 saturated carbocycles. The molecule has 0 bridgehead atoms. The second-order valence-corrected chi connectivity index (χ2v) is 4.71. The second-order valence-electron chi connectivity index (χ2n) is 3.93. The zero-order chi connectivity index (χ0) is 11.3. The van der Waals surface area contributed by atoms with E-state index in [0.29, 0.717) is 16.1 Å². The number of halogens is 2. The topological polar surface area (TPSA) is 12.0 Å². The molecule has 1 aromatic carbocycles. The van der Waals surface area contributed by atoms with Crippen LogP contribution in [0.25, 0.3) is 0 Å². The van der Waals surface area contributed by atoms with Crippen LogP contribution in [0.2, 0.25) is 10.0 Å². The van der Waals surface area contributed by atoms with Crippen molar-refractivity contribution in [3.63, 3.8) is 0 Å². The van der Waals surface area contributed by atoms with Crippen LogP contribution in [0, 0.1) is 0 Å². The standard InChI is InChI=1S/C12H17Cl2N/c1-9(2)15-8-4-6-10-5-3-7-11(13)12(10)14/h3,5,7,9,15H,4,6,8H2,1-2H3. The Morgan fingerprint density at radius 3 is 2.67 bits per heavy atom. The van der Waals surface area contributed by atoms with Crippen LogP contribution in [0.1, 0.15) is 25.8 Å². The summed E-state index contributed by atoms with van der Waals surface area (Å²) in [5.74, 6) is 0. The predicted octanol–water partition coefficient (Wildman–Crippen LogP) is 3.92. The minimum Gasteiger partial charge on any atom is -0.315 e. The molecule has 1 N–H and O–H groups in total. The molecule has 0 spiro atoms. The van der Waals surface area contributed by atoms with Gasteiger partial charge in [0.2, 0.25) is 0 Å². The summed E-state index contributed by atoms with van der Waals surface area (Å²) in [7, 11) is 0. The molecular weight excluding hydrogens is 229 g/mol. The molecule has 84 valence electrons. The van der Waals surface area contributed by atoms with Gasteiger partial charge in [-0.15, -0.1) is 0 Å². The van der Waals surface area contributed by atoms with E-state index in [1.165, 1.54) is 0 Å². The summed E-state index contributed by atoms with van der Waals surface area (Å²) in [5.41, 5.74) is 1.13. The van der Waals surface area contributed by atoms with Gasteiger partial charge in [0.25, 0.3) is 0 Å². The van der Waals surface area contributed by atoms with Gasteiger partial charge in [-0.1, -0.05) is 49.2 Å². The molecule has 0 atom stereocenters. The first-order valence-corrected chi connectivity index (χ1v) is 6.03. The van der Waals surface area contributed by atoms with Gasteiger partial charge in [0.1, 0.15) is 0 Å². The second kappa shape index (κ2) is 6.37. The lowest BCUT2D eigenvalue weighted by Gasteiger charge is -2.08. The van der Waals surface area contributed by atoms with Gasteiger partial charge < -0.3 is 5.32 Å². The van der Waals surface area contributed by atoms with Crippen LogP contribution in [0.4, 0.5) is 0 Å². The highest BCUT2D eigenvalue weighted by Gasteiger charge is 2.03. The minimum atomic E-state index is 0.542. The van der Waals surface area contributed by atoms with E-state index in [1.807, 2.05) is 18.2 Å². The summed E-state index contributed by atoms with van der Waals surface area (Å²) in [6.45, 7) is 5.30. The van der Waals surface area contributed by atoms with Crippen molar-refractivity contribution in [2.45, 2.75) is 32.7 Å². The summed E-state index contributed by atoms with van der Waals surface area (Å²) in [5, 5.41) is 4.72. The molecule has 3 heteroatoms. The summed E-state index contributed by atoms with van der Waals surface area (Å²) in [6, 6.07) is 6.34. The monoisotopic (exact) mass is 245 g/mol. The van der Waals surface area contributed by atoms with Crippen molar-refractivity contribution >= 4 is 23.2 Å². The molecule has 0 aliphatic rings. The first kappa shape index (κ1) is 12.8. The summed E-state index contributed by atoms with van der Waals surface area (Å²) in [6.07, 6.45) is 2.05. The molecule has 0 radical (unpaired) electrons. The Bertz CT molecular complexity index is 310. The van der Waals surface area contributed by atoms with Gasteiger partial charge in [0.05, 0.1) is 10.0 Å². The van der Waals surface area contributed by atoms with Gasteiger partial charge in [0, 0.05) is 6.04 Å². The molecule has 1 rings (SSSR count). The van der Waals surface area contributed by atoms with E-state index >= 15 is 0 Å². The first-order chi connectivity index (χ1) is 7.11. The number of nitrogens with one attached hydrogen (secondary N) is 1. The van der Waals surface area contributed by atoms with E-state index in [-0.39, 0.29) is 0 Å². The fourth-order valence-electron chi connectivity index (χ4n) is 1.41. The van der Waals surface area contributed by atoms with Crippen LogP contribution in [-0.2, 0) is 6.42 Å². The third-order valence-corrected chi connectivity index (χ3v) is 3.07. The molecule has 1 nitrogen and oxygen atoms in total. The normalized spacial score (nSPS) is 11.0. The molecule has 0 heterocycles. The van der Waals surface area contributed by atoms with E-state index in [1.54, 1.807) is 0 Å². The van der Waals surface area contributed by atoms with E-state index in [4.69, 9.17) is 23.2 Å². The largest absolute Gasteiger partial charge is 0.315 e. The predicted molar refractivity (Wildman–Crippen MR) is 67.9 cm³/mol. The highest BCUT2D eigenvalue weighted by atomic mass is 35.5. The third-order valence-electron chi connectivity index (χ3n) is 2.21. The maximum absolute atomic E-state index is 6.08. The van der Waals surface area contributed by atoms with Crippen LogP contribution >= 0.6 is 23.2 Å². The number of hydrogen-bond acceptors (Lipinski definition) is 1. The average Bonchev–Trinajstić information content (AvgIpc) is 2.18. The molecule has 0 saturated heterocycles. The Morgan fingerprint density at radius 1 is 1.27 bits per heavy atom. The number of hydrogen-bond donors (Lipinski definition) is 1. The van der Waals surface area contributed by atoms with Crippen molar-refractivity contribution in [2.75, 3.05) is 6.54 Å². The lowest BCUT2D eigenvalue weighted by molar-refractivity contribution is 0.570. The van der Waals surface area contributed by atoms with E-state index in [9.17, 15) is 0 Å². The molecule has 0 aliphatic heterocycles. The maximum Gasteiger partial charge on any atom is 0.0624 e. The van der Waals surface area contributed by atoms with E-state index in [2.05, 4.69) is 19.2 Å². The van der Waals surface area contributed by atoms with Gasteiger partial charge in [-0.3, -0.25) is 0 Å². The van der Waals surface area contributed by atoms with Crippen LogP contribution in [0.15, 0.2) is 18.2 Å². The molecule has 0 aliphatic carbocycles. The first-order valence-electron chi connectivity index (χ1n) is 5.27. The van der Waals surface area contributed by atoms with Crippen molar-refractivity contribution in [1.82, 2.24) is 5.32 Å². The molecule has 0 amide bonds. The van der Waals surface area contributed by atoms with Crippen molar-refractivity contribution in [3.05, 3.63) is 33.8 Å². The molecule has 0 aromatic heterocycles. The molecule has 1 aromatic rings. The van der Waals surface area contributed by atoms with Gasteiger partial charge >= 0.3 is 0 Å². The summed E-state index contributed by atoms with van der Waals surface area (Å²) >= 11 is 12.0. The average molecular weight is 246 g/mol. The van der Waals surface area contributed by atoms with Crippen molar-refractivity contribution in [1.29, 1.82) is 0 Å². The molecule has 15 heavy (non-hydrogen) atoms. The minimum absolute atomic E-state index is 0.542. The van der Waals surface area contributed by atoms with Gasteiger partial charge in [-0.2, -0.15) is 0 Å². The lowest BCUT2D eigenvalue weighted by Crippen LogP contribution is -2.23. The summed E-state index contributed by atoms with van der Waals surface area (Å²) < 4.78 is 0. The highest BCUT2D eigenvalue weighted by molar-refractivity contribution is 6.42. The number of rotatable bonds is 5. The van der Waals surface area contributed by atoms with Crippen molar-refractivity contribution < 1.29 is 0 Å². The highest BCUT2D eigenvalue weighted by Crippen LogP contribution is 2.26. The molecule has 0 fully saturated rings. The Labute approximate surface area is 102 Å². The number of aryl methyl sites for hydroxylation is 1. The molecule has 0 unspecified atom stereocenters. The quantitative estimate of drug-likeness (QED) is 0.776. The lowest BCUT2D eigenvalue weighted by atomic mass is 10.1. The van der Waals surface area contributed by atoms with Gasteiger partial charge in [0.15, 0.2) is 0 Å². The van der Waals surface area contributed by atoms with Gasteiger partial charge in [-0.05, 0) is 31.0 Å². The van der Waals surface area contributed by atoms with Crippen LogP contribution < -0.4 is 5.32 Å². The van der Waals surface area contributed by atoms with Crippen molar-refractivity contribution in [3.8, 4) is 0 Å². The number of benzene rings is 1. The molecular formula is C12H17Cl2N. The zero-order valence-corrected chi connectivity index (χ0v) is 10.7.